The Hall–Kier alpha value is -0.840. The molecular formula is C14H24N2O2. The minimum absolute atomic E-state index is 0.575. The number of likely N-dealkylation sites (N-methyl/N-ethyl adjacent to an activating group) is 1. The number of rotatable bonds is 6. The van der Waals surface area contributed by atoms with E-state index in [2.05, 4.69) is 23.3 Å². The van der Waals surface area contributed by atoms with Gasteiger partial charge >= 0.3 is 0 Å². The Labute approximate surface area is 109 Å². The number of hydrogen-bond acceptors (Lipinski definition) is 4. The Kier molecular flexibility index (Phi) is 5.23. The van der Waals surface area contributed by atoms with E-state index in [4.69, 9.17) is 9.15 Å². The molecule has 0 aliphatic carbocycles. The van der Waals surface area contributed by atoms with E-state index in [1.807, 2.05) is 7.05 Å². The average Bonchev–Trinajstić information content (AvgIpc) is 2.80. The van der Waals surface area contributed by atoms with Crippen molar-refractivity contribution >= 4 is 0 Å². The number of nitrogens with one attached hydrogen (secondary N) is 1. The lowest BCUT2D eigenvalue weighted by Gasteiger charge is -2.32. The number of likely N-dealkylation sites (tertiary alicyclic amines) is 1. The molecule has 1 fully saturated rings. The van der Waals surface area contributed by atoms with E-state index in [9.17, 15) is 0 Å². The molecular weight excluding hydrogens is 228 g/mol. The van der Waals surface area contributed by atoms with Crippen LogP contribution >= 0.6 is 0 Å². The van der Waals surface area contributed by atoms with Gasteiger partial charge in [0.25, 0.3) is 0 Å². The first-order valence-electron chi connectivity index (χ1n) is 6.78. The van der Waals surface area contributed by atoms with Crippen LogP contribution in [0.1, 0.15) is 30.6 Å². The molecule has 18 heavy (non-hydrogen) atoms. The molecule has 0 radical (unpaired) electrons. The maximum atomic E-state index is 5.77. The van der Waals surface area contributed by atoms with Gasteiger partial charge < -0.3 is 19.4 Å². The van der Waals surface area contributed by atoms with Crippen LogP contribution in [0.2, 0.25) is 0 Å². The monoisotopic (exact) mass is 252 g/mol. The standard InChI is InChI=1S/C14H24N2O2/c1-15-8-12-7-14(18-9-12)11-17-10-13-5-3-4-6-16(13)2/h7,9,13,15H,3-6,8,10-11H2,1-2H3. The Bertz CT molecular complexity index is 351. The average molecular weight is 252 g/mol. The van der Waals surface area contributed by atoms with Gasteiger partial charge in [-0.3, -0.25) is 0 Å². The molecule has 0 aromatic carbocycles. The summed E-state index contributed by atoms with van der Waals surface area (Å²) in [5, 5.41) is 3.10. The highest BCUT2D eigenvalue weighted by molar-refractivity contribution is 5.11. The van der Waals surface area contributed by atoms with Gasteiger partial charge in [-0.1, -0.05) is 6.42 Å². The van der Waals surface area contributed by atoms with Crippen molar-refractivity contribution in [3.8, 4) is 0 Å². The lowest BCUT2D eigenvalue weighted by molar-refractivity contribution is 0.0374. The Morgan fingerprint density at radius 3 is 3.17 bits per heavy atom. The molecule has 1 atom stereocenters. The number of nitrogens with zero attached hydrogens (tertiary/aromatic N) is 1. The lowest BCUT2D eigenvalue weighted by Crippen LogP contribution is -2.39. The molecule has 0 bridgehead atoms. The summed E-state index contributed by atoms with van der Waals surface area (Å²) < 4.78 is 11.2. The minimum Gasteiger partial charge on any atom is -0.467 e. The van der Waals surface area contributed by atoms with Crippen molar-refractivity contribution in [1.29, 1.82) is 0 Å². The summed E-state index contributed by atoms with van der Waals surface area (Å²) >= 11 is 0. The highest BCUT2D eigenvalue weighted by atomic mass is 16.5. The highest BCUT2D eigenvalue weighted by Crippen LogP contribution is 2.16. The van der Waals surface area contributed by atoms with Crippen LogP contribution in [0.4, 0.5) is 0 Å². The van der Waals surface area contributed by atoms with E-state index >= 15 is 0 Å². The predicted octanol–water partition coefficient (Wildman–Crippen LogP) is 2.00. The molecule has 4 heteroatoms. The van der Waals surface area contributed by atoms with Gasteiger partial charge in [-0.2, -0.15) is 0 Å². The van der Waals surface area contributed by atoms with Crippen LogP contribution in [0, 0.1) is 0 Å². The van der Waals surface area contributed by atoms with E-state index in [1.165, 1.54) is 31.4 Å². The Morgan fingerprint density at radius 1 is 1.50 bits per heavy atom. The second-order valence-corrected chi connectivity index (χ2v) is 5.10. The van der Waals surface area contributed by atoms with Crippen molar-refractivity contribution < 1.29 is 9.15 Å². The Balaban J connectivity index is 1.70. The molecule has 1 aromatic rings. The summed E-state index contributed by atoms with van der Waals surface area (Å²) in [7, 11) is 4.12. The van der Waals surface area contributed by atoms with Crippen molar-refractivity contribution in [2.24, 2.45) is 0 Å². The zero-order valence-corrected chi connectivity index (χ0v) is 11.4. The van der Waals surface area contributed by atoms with Crippen molar-refractivity contribution in [3.63, 3.8) is 0 Å². The molecule has 1 aliphatic heterocycles. The van der Waals surface area contributed by atoms with Crippen LogP contribution in [0.3, 0.4) is 0 Å². The van der Waals surface area contributed by atoms with E-state index in [-0.39, 0.29) is 0 Å². The van der Waals surface area contributed by atoms with Crippen LogP contribution in [0.15, 0.2) is 16.7 Å². The van der Waals surface area contributed by atoms with E-state index in [1.54, 1.807) is 6.26 Å². The second-order valence-electron chi connectivity index (χ2n) is 5.10. The molecule has 1 aromatic heterocycles. The fourth-order valence-corrected chi connectivity index (χ4v) is 2.45. The third-order valence-corrected chi connectivity index (χ3v) is 3.57. The third-order valence-electron chi connectivity index (χ3n) is 3.57. The van der Waals surface area contributed by atoms with Gasteiger partial charge in [0.1, 0.15) is 12.4 Å². The van der Waals surface area contributed by atoms with E-state index in [0.29, 0.717) is 12.6 Å². The van der Waals surface area contributed by atoms with Crippen LogP contribution in [-0.2, 0) is 17.9 Å². The number of piperidine rings is 1. The summed E-state index contributed by atoms with van der Waals surface area (Å²) in [6.45, 7) is 3.42. The smallest absolute Gasteiger partial charge is 0.129 e. The van der Waals surface area contributed by atoms with Crippen molar-refractivity contribution in [1.82, 2.24) is 10.2 Å². The van der Waals surface area contributed by atoms with Crippen molar-refractivity contribution in [2.75, 3.05) is 27.2 Å². The van der Waals surface area contributed by atoms with Gasteiger partial charge in [0.15, 0.2) is 0 Å². The molecule has 0 amide bonds. The summed E-state index contributed by atoms with van der Waals surface area (Å²) in [4.78, 5) is 2.40. The summed E-state index contributed by atoms with van der Waals surface area (Å²) in [6.07, 6.45) is 5.69. The molecule has 2 rings (SSSR count). The van der Waals surface area contributed by atoms with Gasteiger partial charge in [-0.05, 0) is 39.5 Å². The molecule has 102 valence electrons. The quantitative estimate of drug-likeness (QED) is 0.840. The van der Waals surface area contributed by atoms with Gasteiger partial charge in [0, 0.05) is 18.2 Å². The summed E-state index contributed by atoms with van der Waals surface area (Å²) in [5.41, 5.74) is 1.17. The topological polar surface area (TPSA) is 37.6 Å². The predicted molar refractivity (Wildman–Crippen MR) is 71.4 cm³/mol. The van der Waals surface area contributed by atoms with E-state index < -0.39 is 0 Å². The van der Waals surface area contributed by atoms with Gasteiger partial charge in [0.05, 0.1) is 12.9 Å². The first-order chi connectivity index (χ1) is 8.79. The van der Waals surface area contributed by atoms with Crippen LogP contribution in [-0.4, -0.2) is 38.2 Å². The third kappa shape index (κ3) is 3.83. The molecule has 1 unspecified atom stereocenters. The SMILES string of the molecule is CNCc1coc(COCC2CCCCN2C)c1. The molecule has 2 heterocycles. The van der Waals surface area contributed by atoms with Gasteiger partial charge in [-0.15, -0.1) is 0 Å². The molecule has 1 aliphatic rings. The number of furan rings is 1. The minimum atomic E-state index is 0.575. The largest absolute Gasteiger partial charge is 0.467 e. The zero-order chi connectivity index (χ0) is 12.8. The van der Waals surface area contributed by atoms with Crippen LogP contribution in [0.5, 0.6) is 0 Å². The lowest BCUT2D eigenvalue weighted by atomic mass is 10.0. The Morgan fingerprint density at radius 2 is 2.39 bits per heavy atom. The molecule has 1 saturated heterocycles. The number of ether oxygens (including phenoxy) is 1. The van der Waals surface area contributed by atoms with Crippen LogP contribution < -0.4 is 5.32 Å². The maximum Gasteiger partial charge on any atom is 0.129 e. The fraction of sp³-hybridized carbons (Fsp3) is 0.714. The summed E-state index contributed by atoms with van der Waals surface area (Å²) in [5.74, 6) is 0.915. The molecule has 4 nitrogen and oxygen atoms in total. The molecule has 0 spiro atoms. The maximum absolute atomic E-state index is 5.77. The number of hydrogen-bond donors (Lipinski definition) is 1. The normalized spacial score (nSPS) is 21.3. The highest BCUT2D eigenvalue weighted by Gasteiger charge is 2.18. The first-order valence-corrected chi connectivity index (χ1v) is 6.78. The second kappa shape index (κ2) is 6.92. The molecule has 0 saturated carbocycles. The molecule has 1 N–H and O–H groups in total. The first kappa shape index (κ1) is 13.6. The van der Waals surface area contributed by atoms with Crippen molar-refractivity contribution in [3.05, 3.63) is 23.7 Å². The van der Waals surface area contributed by atoms with Crippen molar-refractivity contribution in [2.45, 2.75) is 38.5 Å². The summed E-state index contributed by atoms with van der Waals surface area (Å²) in [6, 6.07) is 2.63. The van der Waals surface area contributed by atoms with Crippen LogP contribution in [0.25, 0.3) is 0 Å². The zero-order valence-electron chi connectivity index (χ0n) is 11.4. The van der Waals surface area contributed by atoms with Gasteiger partial charge in [0.2, 0.25) is 0 Å². The van der Waals surface area contributed by atoms with E-state index in [0.717, 1.165) is 18.9 Å². The fourth-order valence-electron chi connectivity index (χ4n) is 2.45. The van der Waals surface area contributed by atoms with Gasteiger partial charge in [-0.25, -0.2) is 0 Å².